The van der Waals surface area contributed by atoms with Gasteiger partial charge in [-0.2, -0.15) is 0 Å². The Bertz CT molecular complexity index is 355. The Morgan fingerprint density at radius 2 is 2.29 bits per heavy atom. The van der Waals surface area contributed by atoms with Crippen molar-refractivity contribution in [2.45, 2.75) is 6.61 Å². The lowest BCUT2D eigenvalue weighted by Gasteiger charge is -2.07. The zero-order valence-electron chi connectivity index (χ0n) is 9.90. The van der Waals surface area contributed by atoms with Gasteiger partial charge in [-0.1, -0.05) is 12.1 Å². The van der Waals surface area contributed by atoms with Gasteiger partial charge in [0.25, 0.3) is 0 Å². The lowest BCUT2D eigenvalue weighted by Crippen LogP contribution is -2.30. The third kappa shape index (κ3) is 5.44. The van der Waals surface area contributed by atoms with Crippen molar-refractivity contribution in [2.24, 2.45) is 0 Å². The van der Waals surface area contributed by atoms with E-state index in [1.54, 1.807) is 31.4 Å². The van der Waals surface area contributed by atoms with Crippen LogP contribution >= 0.6 is 0 Å². The van der Waals surface area contributed by atoms with Gasteiger partial charge in [0.2, 0.25) is 5.91 Å². The molecule has 0 saturated heterocycles. The molecule has 0 spiro atoms. The molecule has 5 nitrogen and oxygen atoms in total. The van der Waals surface area contributed by atoms with Crippen molar-refractivity contribution in [3.8, 4) is 0 Å². The number of ether oxygens (including phenoxy) is 1. The monoisotopic (exact) mass is 238 g/mol. The summed E-state index contributed by atoms with van der Waals surface area (Å²) in [5.74, 6) is -0.115. The molecule has 0 bridgehead atoms. The van der Waals surface area contributed by atoms with Crippen LogP contribution in [0, 0.1) is 0 Å². The molecule has 0 radical (unpaired) electrons. The van der Waals surface area contributed by atoms with Crippen LogP contribution in [-0.4, -0.2) is 37.8 Å². The van der Waals surface area contributed by atoms with E-state index in [9.17, 15) is 4.79 Å². The van der Waals surface area contributed by atoms with E-state index in [0.29, 0.717) is 18.8 Å². The number of benzene rings is 1. The highest BCUT2D eigenvalue weighted by molar-refractivity contribution is 5.92. The van der Waals surface area contributed by atoms with Crippen molar-refractivity contribution < 1.29 is 14.6 Å². The Kier molecular flexibility index (Phi) is 6.24. The van der Waals surface area contributed by atoms with Crippen LogP contribution in [0.1, 0.15) is 5.56 Å². The molecule has 0 aliphatic carbocycles. The fraction of sp³-hybridized carbons (Fsp3) is 0.417. The number of hydrogen-bond donors (Lipinski definition) is 3. The molecule has 0 heterocycles. The van der Waals surface area contributed by atoms with Crippen molar-refractivity contribution in [1.82, 2.24) is 5.32 Å². The SMILES string of the molecule is COCCNCC(=O)Nc1cccc(CO)c1. The molecule has 1 aromatic carbocycles. The lowest BCUT2D eigenvalue weighted by atomic mass is 10.2. The first-order valence-electron chi connectivity index (χ1n) is 5.45. The van der Waals surface area contributed by atoms with Gasteiger partial charge in [-0.3, -0.25) is 4.79 Å². The van der Waals surface area contributed by atoms with Gasteiger partial charge in [0.05, 0.1) is 19.8 Å². The Hall–Kier alpha value is -1.43. The summed E-state index contributed by atoms with van der Waals surface area (Å²) in [7, 11) is 1.61. The normalized spacial score (nSPS) is 10.2. The average molecular weight is 238 g/mol. The van der Waals surface area contributed by atoms with Crippen molar-refractivity contribution in [1.29, 1.82) is 0 Å². The first-order chi connectivity index (χ1) is 8.26. The Labute approximate surface area is 101 Å². The Morgan fingerprint density at radius 3 is 3.00 bits per heavy atom. The number of aliphatic hydroxyl groups excluding tert-OH is 1. The second-order valence-corrected chi connectivity index (χ2v) is 3.58. The van der Waals surface area contributed by atoms with Gasteiger partial charge in [0, 0.05) is 19.3 Å². The molecule has 3 N–H and O–H groups in total. The maximum absolute atomic E-state index is 11.5. The van der Waals surface area contributed by atoms with E-state index >= 15 is 0 Å². The van der Waals surface area contributed by atoms with Gasteiger partial charge >= 0.3 is 0 Å². The standard InChI is InChI=1S/C12H18N2O3/c1-17-6-5-13-8-12(16)14-11-4-2-3-10(7-11)9-15/h2-4,7,13,15H,5-6,8-9H2,1H3,(H,14,16). The van der Waals surface area contributed by atoms with Gasteiger partial charge in [-0.05, 0) is 17.7 Å². The number of rotatable bonds is 7. The number of nitrogens with one attached hydrogen (secondary N) is 2. The fourth-order valence-electron chi connectivity index (χ4n) is 1.33. The molecular weight excluding hydrogens is 220 g/mol. The number of amides is 1. The molecule has 0 unspecified atom stereocenters. The Morgan fingerprint density at radius 1 is 1.47 bits per heavy atom. The zero-order chi connectivity index (χ0) is 12.5. The highest BCUT2D eigenvalue weighted by Gasteiger charge is 2.01. The predicted octanol–water partition coefficient (Wildman–Crippen LogP) is 0.353. The highest BCUT2D eigenvalue weighted by Crippen LogP contribution is 2.09. The minimum atomic E-state index is -0.115. The van der Waals surface area contributed by atoms with E-state index in [0.717, 1.165) is 5.56 Å². The van der Waals surface area contributed by atoms with Crippen LogP contribution in [0.5, 0.6) is 0 Å². The largest absolute Gasteiger partial charge is 0.392 e. The maximum Gasteiger partial charge on any atom is 0.238 e. The topological polar surface area (TPSA) is 70.6 Å². The Balaban J connectivity index is 2.34. The lowest BCUT2D eigenvalue weighted by molar-refractivity contribution is -0.115. The van der Waals surface area contributed by atoms with Gasteiger partial charge in [0.1, 0.15) is 0 Å². The summed E-state index contributed by atoms with van der Waals surface area (Å²) in [5, 5.41) is 14.6. The molecule has 1 aromatic rings. The van der Waals surface area contributed by atoms with E-state index in [1.807, 2.05) is 0 Å². The number of anilines is 1. The van der Waals surface area contributed by atoms with Gasteiger partial charge < -0.3 is 20.5 Å². The number of methoxy groups -OCH3 is 1. The predicted molar refractivity (Wildman–Crippen MR) is 65.7 cm³/mol. The summed E-state index contributed by atoms with van der Waals surface area (Å²) in [6, 6.07) is 7.12. The molecule has 17 heavy (non-hydrogen) atoms. The molecule has 1 rings (SSSR count). The van der Waals surface area contributed by atoms with E-state index < -0.39 is 0 Å². The van der Waals surface area contributed by atoms with Gasteiger partial charge in [-0.15, -0.1) is 0 Å². The quantitative estimate of drug-likeness (QED) is 0.600. The molecule has 5 heteroatoms. The molecule has 1 amide bonds. The molecular formula is C12H18N2O3. The van der Waals surface area contributed by atoms with Crippen LogP contribution < -0.4 is 10.6 Å². The van der Waals surface area contributed by atoms with Crippen molar-refractivity contribution in [3.63, 3.8) is 0 Å². The second kappa shape index (κ2) is 7.78. The van der Waals surface area contributed by atoms with Crippen LogP contribution in [-0.2, 0) is 16.1 Å². The third-order valence-electron chi connectivity index (χ3n) is 2.16. The number of aliphatic hydroxyl groups is 1. The first-order valence-corrected chi connectivity index (χ1v) is 5.45. The number of carbonyl (C=O) groups excluding carboxylic acids is 1. The molecule has 0 atom stereocenters. The van der Waals surface area contributed by atoms with Crippen LogP contribution in [0.25, 0.3) is 0 Å². The summed E-state index contributed by atoms with van der Waals surface area (Å²) in [6.07, 6.45) is 0. The summed E-state index contributed by atoms with van der Waals surface area (Å²) < 4.78 is 4.85. The highest BCUT2D eigenvalue weighted by atomic mass is 16.5. The molecule has 94 valence electrons. The van der Waals surface area contributed by atoms with Crippen LogP contribution in [0.2, 0.25) is 0 Å². The van der Waals surface area contributed by atoms with Crippen LogP contribution in [0.3, 0.4) is 0 Å². The van der Waals surface area contributed by atoms with E-state index in [1.165, 1.54) is 0 Å². The number of hydrogen-bond acceptors (Lipinski definition) is 4. The maximum atomic E-state index is 11.5. The summed E-state index contributed by atoms with van der Waals surface area (Å²) in [5.41, 5.74) is 1.46. The van der Waals surface area contributed by atoms with Crippen LogP contribution in [0.4, 0.5) is 5.69 Å². The van der Waals surface area contributed by atoms with Gasteiger partial charge in [-0.25, -0.2) is 0 Å². The van der Waals surface area contributed by atoms with Crippen molar-refractivity contribution >= 4 is 11.6 Å². The zero-order valence-corrected chi connectivity index (χ0v) is 9.90. The second-order valence-electron chi connectivity index (χ2n) is 3.58. The molecule has 0 fully saturated rings. The molecule has 0 aliphatic rings. The van der Waals surface area contributed by atoms with Gasteiger partial charge in [0.15, 0.2) is 0 Å². The summed E-state index contributed by atoms with van der Waals surface area (Å²) in [4.78, 5) is 11.5. The number of carbonyl (C=O) groups is 1. The minimum Gasteiger partial charge on any atom is -0.392 e. The molecule has 0 saturated carbocycles. The van der Waals surface area contributed by atoms with Crippen LogP contribution in [0.15, 0.2) is 24.3 Å². The fourth-order valence-corrected chi connectivity index (χ4v) is 1.33. The van der Waals surface area contributed by atoms with Crippen molar-refractivity contribution in [3.05, 3.63) is 29.8 Å². The first kappa shape index (κ1) is 13.6. The molecule has 0 aromatic heterocycles. The third-order valence-corrected chi connectivity index (χ3v) is 2.16. The molecule has 0 aliphatic heterocycles. The van der Waals surface area contributed by atoms with E-state index in [2.05, 4.69) is 10.6 Å². The van der Waals surface area contributed by atoms with E-state index in [4.69, 9.17) is 9.84 Å². The summed E-state index contributed by atoms with van der Waals surface area (Å²) >= 11 is 0. The van der Waals surface area contributed by atoms with E-state index in [-0.39, 0.29) is 19.1 Å². The minimum absolute atomic E-state index is 0.0319. The smallest absolute Gasteiger partial charge is 0.238 e. The average Bonchev–Trinajstić information content (AvgIpc) is 2.35. The summed E-state index contributed by atoms with van der Waals surface area (Å²) in [6.45, 7) is 1.43. The van der Waals surface area contributed by atoms with Crippen molar-refractivity contribution in [2.75, 3.05) is 32.1 Å².